The van der Waals surface area contributed by atoms with Crippen molar-refractivity contribution in [1.82, 2.24) is 4.90 Å². The Morgan fingerprint density at radius 3 is 2.57 bits per heavy atom. The molecule has 4 heteroatoms. The van der Waals surface area contributed by atoms with E-state index < -0.39 is 0 Å². The smallest absolute Gasteiger partial charge is 0.0662 e. The number of para-hydroxylation sites is 1. The molecule has 3 fully saturated rings. The quantitative estimate of drug-likeness (QED) is 0.734. The Labute approximate surface area is 132 Å². The lowest BCUT2D eigenvalue weighted by Gasteiger charge is -2.46. The summed E-state index contributed by atoms with van der Waals surface area (Å²) < 4.78 is 0. The Kier molecular flexibility index (Phi) is 3.05. The van der Waals surface area contributed by atoms with E-state index in [1.165, 1.54) is 54.9 Å². The highest BCUT2D eigenvalue weighted by Crippen LogP contribution is 2.42. The van der Waals surface area contributed by atoms with Crippen LogP contribution < -0.4 is 5.01 Å². The monoisotopic (exact) mass is 303 g/mol. The van der Waals surface area contributed by atoms with Gasteiger partial charge in [0.25, 0.3) is 0 Å². The Balaban J connectivity index is 0.00000115. The van der Waals surface area contributed by atoms with Crippen LogP contribution in [0.3, 0.4) is 0 Å². The van der Waals surface area contributed by atoms with Gasteiger partial charge in [0.1, 0.15) is 0 Å². The van der Waals surface area contributed by atoms with Crippen molar-refractivity contribution >= 4 is 23.8 Å². The van der Waals surface area contributed by atoms with Gasteiger partial charge in [-0.15, -0.1) is 12.4 Å². The molecule has 0 amide bonds. The van der Waals surface area contributed by atoms with Crippen LogP contribution in [-0.4, -0.2) is 35.8 Å². The maximum atomic E-state index is 5.18. The molecule has 1 aromatic carbocycles. The van der Waals surface area contributed by atoms with E-state index in [2.05, 4.69) is 35.0 Å². The van der Waals surface area contributed by atoms with E-state index in [0.29, 0.717) is 12.1 Å². The van der Waals surface area contributed by atoms with Gasteiger partial charge >= 0.3 is 0 Å². The molecule has 112 valence electrons. The van der Waals surface area contributed by atoms with Crippen LogP contribution in [0.2, 0.25) is 0 Å². The average molecular weight is 304 g/mol. The van der Waals surface area contributed by atoms with Gasteiger partial charge in [-0.05, 0) is 56.8 Å². The molecule has 2 bridgehead atoms. The van der Waals surface area contributed by atoms with E-state index >= 15 is 0 Å². The first-order chi connectivity index (χ1) is 9.81. The minimum atomic E-state index is 0. The molecule has 3 saturated heterocycles. The topological polar surface area (TPSA) is 18.8 Å². The number of nitrogens with zero attached hydrogens (tertiary/aromatic N) is 3. The molecule has 5 aliphatic rings. The van der Waals surface area contributed by atoms with Gasteiger partial charge in [-0.2, -0.15) is 5.10 Å². The summed E-state index contributed by atoms with van der Waals surface area (Å²) in [4.78, 5) is 2.67. The van der Waals surface area contributed by atoms with Gasteiger partial charge in [-0.3, -0.25) is 9.91 Å². The lowest BCUT2D eigenvalue weighted by Crippen LogP contribution is -2.56. The Bertz CT molecular complexity index is 604. The van der Waals surface area contributed by atoms with Crippen LogP contribution in [0.25, 0.3) is 0 Å². The third-order valence-electron chi connectivity index (χ3n) is 5.73. The Morgan fingerprint density at radius 2 is 1.81 bits per heavy atom. The van der Waals surface area contributed by atoms with Crippen LogP contribution >= 0.6 is 12.4 Å². The SMILES string of the molecule is CC1Cc2cccc3c2N1N=C1C2CCN(CC2)C1C3.Cl. The predicted octanol–water partition coefficient (Wildman–Crippen LogP) is 2.87. The van der Waals surface area contributed by atoms with Gasteiger partial charge in [0, 0.05) is 5.92 Å². The number of rotatable bonds is 0. The fraction of sp³-hybridized carbons (Fsp3) is 0.588. The molecule has 0 spiro atoms. The van der Waals surface area contributed by atoms with Crippen LogP contribution in [0.1, 0.15) is 30.9 Å². The number of halogens is 1. The third kappa shape index (κ3) is 1.80. The van der Waals surface area contributed by atoms with Crippen molar-refractivity contribution in [3.63, 3.8) is 0 Å². The number of anilines is 1. The highest BCUT2D eigenvalue weighted by atomic mass is 35.5. The van der Waals surface area contributed by atoms with E-state index in [-0.39, 0.29) is 12.4 Å². The van der Waals surface area contributed by atoms with Crippen LogP contribution in [0.4, 0.5) is 5.69 Å². The minimum Gasteiger partial charge on any atom is -0.295 e. The minimum absolute atomic E-state index is 0. The number of hydrazone groups is 1. The van der Waals surface area contributed by atoms with Gasteiger partial charge < -0.3 is 0 Å². The Morgan fingerprint density at radius 1 is 1.10 bits per heavy atom. The molecule has 0 aliphatic carbocycles. The molecule has 21 heavy (non-hydrogen) atoms. The summed E-state index contributed by atoms with van der Waals surface area (Å²) in [5, 5.41) is 7.53. The molecular formula is C17H22ClN3. The molecule has 6 rings (SSSR count). The van der Waals surface area contributed by atoms with Crippen molar-refractivity contribution in [2.75, 3.05) is 18.1 Å². The van der Waals surface area contributed by atoms with Crippen molar-refractivity contribution in [3.05, 3.63) is 29.3 Å². The summed E-state index contributed by atoms with van der Waals surface area (Å²) in [5.74, 6) is 0.746. The second-order valence-electron chi connectivity index (χ2n) is 6.88. The number of fused-ring (bicyclic) bond motifs is 2. The summed E-state index contributed by atoms with van der Waals surface area (Å²) >= 11 is 0. The molecule has 5 heterocycles. The van der Waals surface area contributed by atoms with Crippen LogP contribution in [0.5, 0.6) is 0 Å². The fourth-order valence-electron chi connectivity index (χ4n) is 4.72. The molecule has 0 radical (unpaired) electrons. The Hall–Kier alpha value is -1.06. The van der Waals surface area contributed by atoms with Crippen molar-refractivity contribution in [2.24, 2.45) is 11.0 Å². The second-order valence-corrected chi connectivity index (χ2v) is 6.88. The molecule has 2 atom stereocenters. The van der Waals surface area contributed by atoms with Gasteiger partial charge in [-0.25, -0.2) is 0 Å². The zero-order valence-corrected chi connectivity index (χ0v) is 13.3. The fourth-order valence-corrected chi connectivity index (χ4v) is 4.72. The van der Waals surface area contributed by atoms with Gasteiger partial charge in [-0.1, -0.05) is 18.2 Å². The molecule has 2 unspecified atom stereocenters. The highest BCUT2D eigenvalue weighted by Gasteiger charge is 2.43. The molecule has 3 nitrogen and oxygen atoms in total. The van der Waals surface area contributed by atoms with E-state index in [0.717, 1.165) is 12.3 Å². The van der Waals surface area contributed by atoms with E-state index in [4.69, 9.17) is 5.10 Å². The second kappa shape index (κ2) is 4.72. The van der Waals surface area contributed by atoms with Gasteiger partial charge in [0.2, 0.25) is 0 Å². The molecular weight excluding hydrogens is 282 g/mol. The number of piperidine rings is 3. The number of benzene rings is 1. The standard InChI is InChI=1S/C17H21N3.ClH/c1-11-9-13-3-2-4-14-10-15-16(18-20(11)17(13)14)12-5-7-19(15)8-6-12;/h2-4,11-12,15H,5-10H2,1H3;1H. The van der Waals surface area contributed by atoms with Crippen LogP contribution in [0.15, 0.2) is 23.3 Å². The summed E-state index contributed by atoms with van der Waals surface area (Å²) in [7, 11) is 0. The molecule has 1 aromatic rings. The molecule has 0 saturated carbocycles. The molecule has 0 N–H and O–H groups in total. The first-order valence-corrected chi connectivity index (χ1v) is 8.03. The lowest BCUT2D eigenvalue weighted by molar-refractivity contribution is 0.145. The summed E-state index contributed by atoms with van der Waals surface area (Å²) in [6, 6.07) is 7.95. The first-order valence-electron chi connectivity index (χ1n) is 8.03. The number of hydrogen-bond acceptors (Lipinski definition) is 3. The summed E-state index contributed by atoms with van der Waals surface area (Å²) in [6.45, 7) is 4.87. The van der Waals surface area contributed by atoms with Crippen molar-refractivity contribution in [1.29, 1.82) is 0 Å². The third-order valence-corrected chi connectivity index (χ3v) is 5.73. The van der Waals surface area contributed by atoms with Crippen molar-refractivity contribution < 1.29 is 0 Å². The van der Waals surface area contributed by atoms with Crippen LogP contribution in [0, 0.1) is 5.92 Å². The lowest BCUT2D eigenvalue weighted by atomic mass is 9.79. The number of hydrogen-bond donors (Lipinski definition) is 0. The maximum Gasteiger partial charge on any atom is 0.0662 e. The zero-order valence-electron chi connectivity index (χ0n) is 12.5. The van der Waals surface area contributed by atoms with Crippen LogP contribution in [-0.2, 0) is 12.8 Å². The summed E-state index contributed by atoms with van der Waals surface area (Å²) in [5.41, 5.74) is 5.93. The molecule has 0 aromatic heterocycles. The average Bonchev–Trinajstić information content (AvgIpc) is 2.69. The van der Waals surface area contributed by atoms with Crippen molar-refractivity contribution in [2.45, 2.75) is 44.7 Å². The molecule has 5 aliphatic heterocycles. The van der Waals surface area contributed by atoms with Gasteiger partial charge in [0.15, 0.2) is 0 Å². The zero-order chi connectivity index (χ0) is 13.3. The normalized spacial score (nSPS) is 35.5. The largest absolute Gasteiger partial charge is 0.295 e. The highest BCUT2D eigenvalue weighted by molar-refractivity contribution is 5.95. The maximum absolute atomic E-state index is 5.18. The summed E-state index contributed by atoms with van der Waals surface area (Å²) in [6.07, 6.45) is 4.96. The first kappa shape index (κ1) is 13.6. The predicted molar refractivity (Wildman–Crippen MR) is 88.6 cm³/mol. The van der Waals surface area contributed by atoms with Gasteiger partial charge in [0.05, 0.1) is 23.5 Å². The van der Waals surface area contributed by atoms with E-state index in [1.54, 1.807) is 0 Å². The van der Waals surface area contributed by atoms with Crippen molar-refractivity contribution in [3.8, 4) is 0 Å². The van der Waals surface area contributed by atoms with E-state index in [9.17, 15) is 0 Å². The van der Waals surface area contributed by atoms with E-state index in [1.807, 2.05) is 0 Å².